The first kappa shape index (κ1) is 17.1. The summed E-state index contributed by atoms with van der Waals surface area (Å²) in [5.41, 5.74) is 6.00. The van der Waals surface area contributed by atoms with Crippen molar-refractivity contribution in [2.24, 2.45) is 11.7 Å². The van der Waals surface area contributed by atoms with E-state index in [0.717, 1.165) is 0 Å². The predicted molar refractivity (Wildman–Crippen MR) is 86.3 cm³/mol. The molecule has 0 aliphatic heterocycles. The lowest BCUT2D eigenvalue weighted by atomic mass is 9.98. The van der Waals surface area contributed by atoms with Gasteiger partial charge < -0.3 is 5.73 Å². The number of carbonyl (C=O) groups excluding carboxylic acids is 1. The van der Waals surface area contributed by atoms with Crippen molar-refractivity contribution in [3.05, 3.63) is 35.9 Å². The monoisotopic (exact) mass is 355 g/mol. The van der Waals surface area contributed by atoms with Crippen LogP contribution in [0.3, 0.4) is 0 Å². The van der Waals surface area contributed by atoms with E-state index >= 15 is 0 Å². The van der Waals surface area contributed by atoms with Gasteiger partial charge in [0.15, 0.2) is 9.84 Å². The van der Waals surface area contributed by atoms with Gasteiger partial charge in [0, 0.05) is 5.57 Å². The number of benzene rings is 1. The highest BCUT2D eigenvalue weighted by Crippen LogP contribution is 2.35. The van der Waals surface area contributed by atoms with Crippen LogP contribution in [0.2, 0.25) is 0 Å². The van der Waals surface area contributed by atoms with Crippen molar-refractivity contribution < 1.29 is 22.0 Å². The Labute approximate surface area is 139 Å². The summed E-state index contributed by atoms with van der Waals surface area (Å²) >= 11 is 0. The van der Waals surface area contributed by atoms with Crippen LogP contribution in [0.15, 0.2) is 35.2 Å². The number of sulfone groups is 1. The third kappa shape index (κ3) is 3.36. The molecule has 3 atom stereocenters. The summed E-state index contributed by atoms with van der Waals surface area (Å²) in [6, 6.07) is 5.93. The Balaban J connectivity index is 1.86. The average molecular weight is 355 g/mol. The number of halogens is 2. The van der Waals surface area contributed by atoms with Crippen molar-refractivity contribution >= 4 is 21.3 Å². The number of allylic oxidation sites excluding steroid dienone is 1. The van der Waals surface area contributed by atoms with Gasteiger partial charge in [-0.1, -0.05) is 18.2 Å². The highest BCUT2D eigenvalue weighted by molar-refractivity contribution is 7.92. The number of amides is 1. The molecule has 7 heteroatoms. The Morgan fingerprint density at radius 2 is 1.62 bits per heavy atom. The second-order valence-corrected chi connectivity index (χ2v) is 8.70. The molecule has 1 amide bonds. The van der Waals surface area contributed by atoms with E-state index in [-0.39, 0.29) is 28.6 Å². The molecule has 0 spiro atoms. The molecule has 1 aromatic rings. The van der Waals surface area contributed by atoms with E-state index in [1.807, 2.05) is 0 Å². The third-order valence-corrected chi connectivity index (χ3v) is 6.85. The van der Waals surface area contributed by atoms with E-state index in [4.69, 9.17) is 5.73 Å². The Morgan fingerprint density at radius 1 is 1.08 bits per heavy atom. The molecule has 2 saturated carbocycles. The lowest BCUT2D eigenvalue weighted by Gasteiger charge is -2.09. The van der Waals surface area contributed by atoms with E-state index in [1.54, 1.807) is 0 Å². The number of nitrogens with two attached hydrogens (primary N) is 1. The van der Waals surface area contributed by atoms with Crippen LogP contribution in [-0.4, -0.2) is 31.9 Å². The maximum absolute atomic E-state index is 13.3. The van der Waals surface area contributed by atoms with Gasteiger partial charge in [-0.05, 0) is 49.3 Å². The minimum atomic E-state index is -3.30. The molecule has 2 N–H and O–H groups in total. The second-order valence-electron chi connectivity index (χ2n) is 6.48. The zero-order valence-corrected chi connectivity index (χ0v) is 13.8. The molecule has 0 aromatic heterocycles. The molecule has 0 heterocycles. The summed E-state index contributed by atoms with van der Waals surface area (Å²) in [5.74, 6) is -1.10. The number of rotatable bonds is 5. The standard InChI is InChI=1S/C17H19F2NO3S/c18-15-8-10(9-16(15)19)7-14(17(20)21)11-1-3-12(4-2-11)24(22,23)13-5-6-13/h1-4,7,10,13,15-16H,5-6,8-9H2,(H2,20,21)/t10?,15-,16+. The number of alkyl halides is 2. The molecule has 2 aliphatic carbocycles. The van der Waals surface area contributed by atoms with Crippen LogP contribution in [0.4, 0.5) is 8.78 Å². The molecular weight excluding hydrogens is 336 g/mol. The Hall–Kier alpha value is -1.76. The van der Waals surface area contributed by atoms with E-state index < -0.39 is 34.0 Å². The van der Waals surface area contributed by atoms with Crippen molar-refractivity contribution in [3.8, 4) is 0 Å². The van der Waals surface area contributed by atoms with Crippen LogP contribution >= 0.6 is 0 Å². The lowest BCUT2D eigenvalue weighted by Crippen LogP contribution is -2.14. The van der Waals surface area contributed by atoms with Crippen LogP contribution in [0.5, 0.6) is 0 Å². The number of hydrogen-bond acceptors (Lipinski definition) is 3. The van der Waals surface area contributed by atoms with Crippen LogP contribution in [-0.2, 0) is 14.6 Å². The molecule has 0 radical (unpaired) electrons. The quantitative estimate of drug-likeness (QED) is 0.825. The van der Waals surface area contributed by atoms with Gasteiger partial charge in [-0.3, -0.25) is 4.79 Å². The van der Waals surface area contributed by atoms with Crippen LogP contribution in [0, 0.1) is 5.92 Å². The van der Waals surface area contributed by atoms with E-state index in [1.165, 1.54) is 30.3 Å². The number of carbonyl (C=O) groups is 1. The summed E-state index contributed by atoms with van der Waals surface area (Å²) in [7, 11) is -3.30. The Morgan fingerprint density at radius 3 is 2.08 bits per heavy atom. The van der Waals surface area contributed by atoms with E-state index in [9.17, 15) is 22.0 Å². The molecule has 130 valence electrons. The van der Waals surface area contributed by atoms with Gasteiger partial charge in [0.1, 0.15) is 12.3 Å². The topological polar surface area (TPSA) is 77.2 Å². The smallest absolute Gasteiger partial charge is 0.248 e. The highest BCUT2D eigenvalue weighted by atomic mass is 32.2. The number of hydrogen-bond donors (Lipinski definition) is 1. The molecule has 0 saturated heterocycles. The van der Waals surface area contributed by atoms with Gasteiger partial charge in [0.05, 0.1) is 10.1 Å². The van der Waals surface area contributed by atoms with Crippen molar-refractivity contribution in [2.45, 2.75) is 48.2 Å². The van der Waals surface area contributed by atoms with E-state index in [0.29, 0.717) is 18.4 Å². The fourth-order valence-electron chi connectivity index (χ4n) is 3.06. The summed E-state index contributed by atoms with van der Waals surface area (Å²) in [6.07, 6.45) is -0.158. The predicted octanol–water partition coefficient (Wildman–Crippen LogP) is 2.58. The van der Waals surface area contributed by atoms with Gasteiger partial charge in [-0.25, -0.2) is 17.2 Å². The molecule has 2 fully saturated rings. The summed E-state index contributed by atoms with van der Waals surface area (Å²) in [5, 5.41) is -0.309. The Bertz CT molecular complexity index is 760. The zero-order chi connectivity index (χ0) is 17.5. The largest absolute Gasteiger partial charge is 0.366 e. The van der Waals surface area contributed by atoms with Gasteiger partial charge >= 0.3 is 0 Å². The minimum absolute atomic E-state index is 0.0199. The van der Waals surface area contributed by atoms with E-state index in [2.05, 4.69) is 0 Å². The zero-order valence-electron chi connectivity index (χ0n) is 13.0. The van der Waals surface area contributed by atoms with Crippen molar-refractivity contribution in [1.29, 1.82) is 0 Å². The molecular formula is C17H19F2NO3S. The van der Waals surface area contributed by atoms with Gasteiger partial charge in [0.2, 0.25) is 5.91 Å². The SMILES string of the molecule is NC(=O)C(=CC1C[C@@H](F)[C@@H](F)C1)c1ccc(S(=O)(=O)C2CC2)cc1. The van der Waals surface area contributed by atoms with Crippen LogP contribution < -0.4 is 5.73 Å². The van der Waals surface area contributed by atoms with Crippen molar-refractivity contribution in [2.75, 3.05) is 0 Å². The maximum Gasteiger partial charge on any atom is 0.248 e. The fourth-order valence-corrected chi connectivity index (χ4v) is 4.71. The number of primary amides is 1. The molecule has 24 heavy (non-hydrogen) atoms. The molecule has 1 aromatic carbocycles. The summed E-state index contributed by atoms with van der Waals surface area (Å²) in [6.45, 7) is 0. The minimum Gasteiger partial charge on any atom is -0.366 e. The molecule has 4 nitrogen and oxygen atoms in total. The average Bonchev–Trinajstić information content (AvgIpc) is 3.33. The first-order valence-corrected chi connectivity index (χ1v) is 9.47. The van der Waals surface area contributed by atoms with Crippen LogP contribution in [0.25, 0.3) is 5.57 Å². The maximum atomic E-state index is 13.3. The second kappa shape index (κ2) is 6.27. The van der Waals surface area contributed by atoms with Gasteiger partial charge in [0.25, 0.3) is 0 Å². The van der Waals surface area contributed by atoms with Crippen molar-refractivity contribution in [3.63, 3.8) is 0 Å². The first-order valence-electron chi connectivity index (χ1n) is 7.93. The Kier molecular flexibility index (Phi) is 4.46. The van der Waals surface area contributed by atoms with Crippen molar-refractivity contribution in [1.82, 2.24) is 0 Å². The highest BCUT2D eigenvalue weighted by Gasteiger charge is 2.37. The third-order valence-electron chi connectivity index (χ3n) is 4.57. The van der Waals surface area contributed by atoms with Gasteiger partial charge in [-0.2, -0.15) is 0 Å². The summed E-state index contributed by atoms with van der Waals surface area (Å²) in [4.78, 5) is 11.9. The summed E-state index contributed by atoms with van der Waals surface area (Å²) < 4.78 is 50.9. The van der Waals surface area contributed by atoms with Gasteiger partial charge in [-0.15, -0.1) is 0 Å². The lowest BCUT2D eigenvalue weighted by molar-refractivity contribution is -0.112. The normalized spacial score (nSPS) is 28.1. The molecule has 0 bridgehead atoms. The first-order chi connectivity index (χ1) is 11.3. The molecule has 3 rings (SSSR count). The fraction of sp³-hybridized carbons (Fsp3) is 0.471. The molecule has 2 aliphatic rings. The molecule has 1 unspecified atom stereocenters. The van der Waals surface area contributed by atoms with Crippen LogP contribution in [0.1, 0.15) is 31.2 Å².